The summed E-state index contributed by atoms with van der Waals surface area (Å²) >= 11 is 0. The average molecular weight is 292 g/mol. The maximum atomic E-state index is 13.5. The van der Waals surface area contributed by atoms with E-state index in [1.807, 2.05) is 0 Å². The molecule has 0 heterocycles. The molecule has 2 aromatic rings. The Kier molecular flexibility index (Phi) is 4.84. The third kappa shape index (κ3) is 3.76. The van der Waals surface area contributed by atoms with Gasteiger partial charge in [0.25, 0.3) is 5.91 Å². The Morgan fingerprint density at radius 2 is 1.81 bits per heavy atom. The zero-order chi connectivity index (χ0) is 15.2. The van der Waals surface area contributed by atoms with Gasteiger partial charge in [0.1, 0.15) is 29.6 Å². The molecule has 0 atom stereocenters. The standard InChI is InChI=1S/C15H14F2N2O2/c16-12-5-2-6-13(17)14(12)15(20)19-10-3-1-4-11(9-10)21-8-7-18/h1-6,9H,7-8,18H2,(H,19,20). The zero-order valence-electron chi connectivity index (χ0n) is 11.1. The first-order valence-electron chi connectivity index (χ1n) is 6.30. The summed E-state index contributed by atoms with van der Waals surface area (Å²) in [6, 6.07) is 9.73. The fourth-order valence-electron chi connectivity index (χ4n) is 1.75. The molecule has 0 spiro atoms. The van der Waals surface area contributed by atoms with Gasteiger partial charge in [0.05, 0.1) is 0 Å². The van der Waals surface area contributed by atoms with Gasteiger partial charge in [-0.05, 0) is 24.3 Å². The first-order chi connectivity index (χ1) is 10.1. The van der Waals surface area contributed by atoms with Gasteiger partial charge >= 0.3 is 0 Å². The Bertz CT molecular complexity index is 627. The van der Waals surface area contributed by atoms with E-state index in [1.54, 1.807) is 24.3 Å². The zero-order valence-corrected chi connectivity index (χ0v) is 11.1. The van der Waals surface area contributed by atoms with E-state index < -0.39 is 23.1 Å². The predicted molar refractivity (Wildman–Crippen MR) is 75.3 cm³/mol. The molecule has 2 rings (SSSR count). The first-order valence-corrected chi connectivity index (χ1v) is 6.30. The molecule has 0 aliphatic heterocycles. The smallest absolute Gasteiger partial charge is 0.261 e. The van der Waals surface area contributed by atoms with Crippen molar-refractivity contribution in [2.45, 2.75) is 0 Å². The first kappa shape index (κ1) is 14.9. The SMILES string of the molecule is NCCOc1cccc(NC(=O)c2c(F)cccc2F)c1. The van der Waals surface area contributed by atoms with Crippen molar-refractivity contribution in [3.05, 3.63) is 59.7 Å². The lowest BCUT2D eigenvalue weighted by molar-refractivity contribution is 0.101. The van der Waals surface area contributed by atoms with E-state index in [4.69, 9.17) is 10.5 Å². The number of ether oxygens (including phenoxy) is 1. The molecule has 0 fully saturated rings. The number of amides is 1. The topological polar surface area (TPSA) is 64.3 Å². The minimum atomic E-state index is -0.914. The predicted octanol–water partition coefficient (Wildman–Crippen LogP) is 2.55. The van der Waals surface area contributed by atoms with E-state index in [9.17, 15) is 13.6 Å². The summed E-state index contributed by atoms with van der Waals surface area (Å²) in [4.78, 5) is 11.9. The number of anilines is 1. The monoisotopic (exact) mass is 292 g/mol. The summed E-state index contributed by atoms with van der Waals surface area (Å²) in [5.74, 6) is -2.18. The second-order valence-electron chi connectivity index (χ2n) is 4.22. The summed E-state index contributed by atoms with van der Waals surface area (Å²) in [7, 11) is 0. The summed E-state index contributed by atoms with van der Waals surface area (Å²) in [6.45, 7) is 0.691. The number of hydrogen-bond acceptors (Lipinski definition) is 3. The quantitative estimate of drug-likeness (QED) is 0.890. The highest BCUT2D eigenvalue weighted by Gasteiger charge is 2.17. The van der Waals surface area contributed by atoms with Crippen LogP contribution >= 0.6 is 0 Å². The molecule has 1 amide bonds. The largest absolute Gasteiger partial charge is 0.492 e. The van der Waals surface area contributed by atoms with Crippen LogP contribution in [0.2, 0.25) is 0 Å². The lowest BCUT2D eigenvalue weighted by atomic mass is 10.1. The third-order valence-corrected chi connectivity index (χ3v) is 2.67. The Balaban J connectivity index is 2.16. The van der Waals surface area contributed by atoms with Gasteiger partial charge in [-0.3, -0.25) is 4.79 Å². The van der Waals surface area contributed by atoms with E-state index in [0.717, 1.165) is 12.1 Å². The second kappa shape index (κ2) is 6.81. The van der Waals surface area contributed by atoms with Gasteiger partial charge in [0.15, 0.2) is 0 Å². The van der Waals surface area contributed by atoms with E-state index >= 15 is 0 Å². The van der Waals surface area contributed by atoms with Crippen LogP contribution in [0, 0.1) is 11.6 Å². The van der Waals surface area contributed by atoms with Crippen molar-refractivity contribution in [3.8, 4) is 5.75 Å². The number of carbonyl (C=O) groups is 1. The van der Waals surface area contributed by atoms with Crippen molar-refractivity contribution in [1.82, 2.24) is 0 Å². The van der Waals surface area contributed by atoms with Crippen LogP contribution in [0.25, 0.3) is 0 Å². The Labute approximate surface area is 120 Å². The molecule has 0 aliphatic carbocycles. The van der Waals surface area contributed by atoms with Crippen molar-refractivity contribution < 1.29 is 18.3 Å². The number of carbonyl (C=O) groups excluding carboxylic acids is 1. The van der Waals surface area contributed by atoms with E-state index in [1.165, 1.54) is 6.07 Å². The molecule has 4 nitrogen and oxygen atoms in total. The number of rotatable bonds is 5. The molecular formula is C15H14F2N2O2. The lowest BCUT2D eigenvalue weighted by Crippen LogP contribution is -2.16. The van der Waals surface area contributed by atoms with Crippen LogP contribution < -0.4 is 15.8 Å². The molecule has 0 saturated carbocycles. The van der Waals surface area contributed by atoms with Crippen LogP contribution in [-0.4, -0.2) is 19.1 Å². The Morgan fingerprint density at radius 3 is 2.48 bits per heavy atom. The molecule has 0 unspecified atom stereocenters. The molecule has 0 bridgehead atoms. The highest BCUT2D eigenvalue weighted by Crippen LogP contribution is 2.19. The van der Waals surface area contributed by atoms with Crippen molar-refractivity contribution in [1.29, 1.82) is 0 Å². The van der Waals surface area contributed by atoms with Gasteiger partial charge in [-0.2, -0.15) is 0 Å². The highest BCUT2D eigenvalue weighted by molar-refractivity contribution is 6.04. The van der Waals surface area contributed by atoms with Crippen LogP contribution in [-0.2, 0) is 0 Å². The van der Waals surface area contributed by atoms with Gasteiger partial charge in [-0.25, -0.2) is 8.78 Å². The van der Waals surface area contributed by atoms with Crippen LogP contribution in [0.15, 0.2) is 42.5 Å². The van der Waals surface area contributed by atoms with Crippen molar-refractivity contribution >= 4 is 11.6 Å². The number of halogens is 2. The van der Waals surface area contributed by atoms with Gasteiger partial charge in [0, 0.05) is 18.3 Å². The van der Waals surface area contributed by atoms with E-state index in [-0.39, 0.29) is 0 Å². The number of benzene rings is 2. The fraction of sp³-hybridized carbons (Fsp3) is 0.133. The molecule has 0 aromatic heterocycles. The molecule has 6 heteroatoms. The van der Waals surface area contributed by atoms with E-state index in [0.29, 0.717) is 24.6 Å². The Morgan fingerprint density at radius 1 is 1.14 bits per heavy atom. The molecule has 0 radical (unpaired) electrons. The normalized spacial score (nSPS) is 10.2. The second-order valence-corrected chi connectivity index (χ2v) is 4.22. The Hall–Kier alpha value is -2.47. The van der Waals surface area contributed by atoms with Crippen LogP contribution in [0.1, 0.15) is 10.4 Å². The minimum Gasteiger partial charge on any atom is -0.492 e. The number of nitrogens with two attached hydrogens (primary N) is 1. The summed E-state index contributed by atoms with van der Waals surface area (Å²) in [5, 5.41) is 2.43. The molecule has 2 aromatic carbocycles. The summed E-state index contributed by atoms with van der Waals surface area (Å²) in [6.07, 6.45) is 0. The summed E-state index contributed by atoms with van der Waals surface area (Å²) in [5.41, 5.74) is 5.08. The van der Waals surface area contributed by atoms with Crippen molar-refractivity contribution in [2.75, 3.05) is 18.5 Å². The fourth-order valence-corrected chi connectivity index (χ4v) is 1.75. The molecule has 21 heavy (non-hydrogen) atoms. The van der Waals surface area contributed by atoms with Gasteiger partial charge < -0.3 is 15.8 Å². The van der Waals surface area contributed by atoms with Crippen LogP contribution in [0.5, 0.6) is 5.75 Å². The lowest BCUT2D eigenvalue weighted by Gasteiger charge is -2.09. The maximum absolute atomic E-state index is 13.5. The van der Waals surface area contributed by atoms with Gasteiger partial charge in [0.2, 0.25) is 0 Å². The van der Waals surface area contributed by atoms with Crippen LogP contribution in [0.3, 0.4) is 0 Å². The van der Waals surface area contributed by atoms with Crippen LogP contribution in [0.4, 0.5) is 14.5 Å². The van der Waals surface area contributed by atoms with Crippen molar-refractivity contribution in [3.63, 3.8) is 0 Å². The van der Waals surface area contributed by atoms with Crippen molar-refractivity contribution in [2.24, 2.45) is 5.73 Å². The number of nitrogens with one attached hydrogen (secondary N) is 1. The average Bonchev–Trinajstić information content (AvgIpc) is 2.45. The summed E-state index contributed by atoms with van der Waals surface area (Å²) < 4.78 is 32.3. The molecule has 0 saturated heterocycles. The van der Waals surface area contributed by atoms with Gasteiger partial charge in [-0.15, -0.1) is 0 Å². The molecular weight excluding hydrogens is 278 g/mol. The molecule has 3 N–H and O–H groups in total. The highest BCUT2D eigenvalue weighted by atomic mass is 19.1. The maximum Gasteiger partial charge on any atom is 0.261 e. The van der Waals surface area contributed by atoms with Gasteiger partial charge in [-0.1, -0.05) is 12.1 Å². The van der Waals surface area contributed by atoms with E-state index in [2.05, 4.69) is 5.32 Å². The number of hydrogen-bond donors (Lipinski definition) is 2. The third-order valence-electron chi connectivity index (χ3n) is 2.67. The molecule has 110 valence electrons. The molecule has 0 aliphatic rings. The minimum absolute atomic E-state index is 0.333.